The second-order valence-corrected chi connectivity index (χ2v) is 5.68. The Balaban J connectivity index is 1.46. The van der Waals surface area contributed by atoms with E-state index in [9.17, 15) is 9.59 Å². The molecular weight excluding hydrogens is 336 g/mol. The highest BCUT2D eigenvalue weighted by molar-refractivity contribution is 5.95. The summed E-state index contributed by atoms with van der Waals surface area (Å²) in [6.07, 6.45) is 0.278. The maximum Gasteiger partial charge on any atom is 0.339 e. The summed E-state index contributed by atoms with van der Waals surface area (Å²) in [5.41, 5.74) is 2.02. The number of fused-ring (bicyclic) bond motifs is 1. The number of methoxy groups -OCH3 is 1. The summed E-state index contributed by atoms with van der Waals surface area (Å²) in [6.45, 7) is 1.04. The molecule has 3 rings (SSSR count). The van der Waals surface area contributed by atoms with E-state index in [2.05, 4.69) is 10.6 Å². The van der Waals surface area contributed by atoms with Crippen LogP contribution in [0.4, 0.5) is 5.69 Å². The van der Waals surface area contributed by atoms with Crippen molar-refractivity contribution in [1.29, 1.82) is 0 Å². The first-order chi connectivity index (χ1) is 12.7. The highest BCUT2D eigenvalue weighted by Crippen LogP contribution is 2.32. The third-order valence-corrected chi connectivity index (χ3v) is 3.93. The molecular formula is C19H20N2O5. The van der Waals surface area contributed by atoms with Crippen LogP contribution >= 0.6 is 0 Å². The van der Waals surface area contributed by atoms with Crippen LogP contribution in [0.5, 0.6) is 11.5 Å². The molecule has 1 heterocycles. The Morgan fingerprint density at radius 1 is 1.12 bits per heavy atom. The third kappa shape index (κ3) is 4.24. The zero-order chi connectivity index (χ0) is 18.4. The van der Waals surface area contributed by atoms with E-state index >= 15 is 0 Å². The molecule has 0 aromatic heterocycles. The van der Waals surface area contributed by atoms with Gasteiger partial charge in [-0.25, -0.2) is 4.79 Å². The van der Waals surface area contributed by atoms with Crippen LogP contribution in [-0.2, 0) is 16.1 Å². The average Bonchev–Trinajstić information content (AvgIpc) is 3.14. The number of carbonyl (C=O) groups is 2. The second-order valence-electron chi connectivity index (χ2n) is 5.68. The summed E-state index contributed by atoms with van der Waals surface area (Å²) < 4.78 is 15.3. The van der Waals surface area contributed by atoms with Gasteiger partial charge in [-0.3, -0.25) is 4.79 Å². The molecule has 136 valence electrons. The number of rotatable bonds is 7. The van der Waals surface area contributed by atoms with E-state index in [0.717, 1.165) is 5.56 Å². The molecule has 2 aromatic carbocycles. The van der Waals surface area contributed by atoms with Crippen LogP contribution in [0.3, 0.4) is 0 Å². The van der Waals surface area contributed by atoms with Gasteiger partial charge in [-0.2, -0.15) is 0 Å². The van der Waals surface area contributed by atoms with Crippen molar-refractivity contribution < 1.29 is 23.8 Å². The Kier molecular flexibility index (Phi) is 5.58. The molecule has 0 fully saturated rings. The number of esters is 1. The Labute approximate surface area is 151 Å². The number of anilines is 1. The van der Waals surface area contributed by atoms with Gasteiger partial charge >= 0.3 is 5.97 Å². The van der Waals surface area contributed by atoms with Gasteiger partial charge in [0.15, 0.2) is 11.5 Å². The quantitative estimate of drug-likeness (QED) is 0.741. The molecule has 0 bridgehead atoms. The van der Waals surface area contributed by atoms with Crippen molar-refractivity contribution in [1.82, 2.24) is 5.32 Å². The fourth-order valence-corrected chi connectivity index (χ4v) is 2.58. The third-order valence-electron chi connectivity index (χ3n) is 3.93. The predicted molar refractivity (Wildman–Crippen MR) is 95.3 cm³/mol. The van der Waals surface area contributed by atoms with E-state index < -0.39 is 5.97 Å². The molecule has 2 N–H and O–H groups in total. The molecule has 0 atom stereocenters. The molecule has 0 spiro atoms. The van der Waals surface area contributed by atoms with Gasteiger partial charge in [-0.05, 0) is 29.8 Å². The van der Waals surface area contributed by atoms with Gasteiger partial charge in [0.2, 0.25) is 12.7 Å². The van der Waals surface area contributed by atoms with Crippen molar-refractivity contribution >= 4 is 17.6 Å². The second kappa shape index (κ2) is 8.24. The van der Waals surface area contributed by atoms with Crippen LogP contribution in [0.2, 0.25) is 0 Å². The van der Waals surface area contributed by atoms with Gasteiger partial charge in [0.05, 0.1) is 12.7 Å². The Hall–Kier alpha value is -3.22. The van der Waals surface area contributed by atoms with Crippen molar-refractivity contribution in [3.8, 4) is 11.5 Å². The SMILES string of the molecule is COC(=O)c1ccccc1NCCC(=O)NCc1ccc2c(c1)OCO2. The van der Waals surface area contributed by atoms with E-state index in [1.54, 1.807) is 18.2 Å². The highest BCUT2D eigenvalue weighted by Gasteiger charge is 2.14. The molecule has 2 aromatic rings. The molecule has 1 aliphatic heterocycles. The number of hydrogen-bond donors (Lipinski definition) is 2. The van der Waals surface area contributed by atoms with E-state index in [1.165, 1.54) is 7.11 Å². The maximum absolute atomic E-state index is 12.0. The van der Waals surface area contributed by atoms with E-state index in [-0.39, 0.29) is 19.1 Å². The first-order valence-electron chi connectivity index (χ1n) is 8.24. The van der Waals surface area contributed by atoms with Gasteiger partial charge in [0.25, 0.3) is 0 Å². The van der Waals surface area contributed by atoms with E-state index in [0.29, 0.717) is 35.8 Å². The largest absolute Gasteiger partial charge is 0.465 e. The molecule has 26 heavy (non-hydrogen) atoms. The lowest BCUT2D eigenvalue weighted by atomic mass is 10.1. The summed E-state index contributed by atoms with van der Waals surface area (Å²) in [6, 6.07) is 12.6. The summed E-state index contributed by atoms with van der Waals surface area (Å²) in [7, 11) is 1.34. The number of nitrogens with one attached hydrogen (secondary N) is 2. The number of ether oxygens (including phenoxy) is 3. The summed E-state index contributed by atoms with van der Waals surface area (Å²) in [5.74, 6) is 0.900. The Morgan fingerprint density at radius 3 is 2.77 bits per heavy atom. The predicted octanol–water partition coefficient (Wildman–Crippen LogP) is 2.32. The normalized spacial score (nSPS) is 11.7. The Morgan fingerprint density at radius 2 is 1.92 bits per heavy atom. The Bertz CT molecular complexity index is 806. The van der Waals surface area contributed by atoms with Crippen LogP contribution in [0, 0.1) is 0 Å². The number of carbonyl (C=O) groups excluding carboxylic acids is 2. The fraction of sp³-hybridized carbons (Fsp3) is 0.263. The van der Waals surface area contributed by atoms with Crippen LogP contribution in [-0.4, -0.2) is 32.3 Å². The number of benzene rings is 2. The van der Waals surface area contributed by atoms with Gasteiger partial charge < -0.3 is 24.8 Å². The van der Waals surface area contributed by atoms with Crippen LogP contribution in [0.1, 0.15) is 22.3 Å². The highest BCUT2D eigenvalue weighted by atomic mass is 16.7. The van der Waals surface area contributed by atoms with Crippen molar-refractivity contribution in [3.63, 3.8) is 0 Å². The number of para-hydroxylation sites is 1. The first-order valence-corrected chi connectivity index (χ1v) is 8.24. The molecule has 0 aliphatic carbocycles. The van der Waals surface area contributed by atoms with Crippen LogP contribution in [0.25, 0.3) is 0 Å². The van der Waals surface area contributed by atoms with Crippen molar-refractivity contribution in [2.75, 3.05) is 25.8 Å². The summed E-state index contributed by atoms with van der Waals surface area (Å²) >= 11 is 0. The zero-order valence-corrected chi connectivity index (χ0v) is 14.4. The van der Waals surface area contributed by atoms with Gasteiger partial charge in [0.1, 0.15) is 0 Å². The fourth-order valence-electron chi connectivity index (χ4n) is 2.58. The van der Waals surface area contributed by atoms with Crippen molar-refractivity contribution in [3.05, 3.63) is 53.6 Å². The molecule has 0 saturated carbocycles. The van der Waals surface area contributed by atoms with E-state index in [1.807, 2.05) is 24.3 Å². The van der Waals surface area contributed by atoms with Gasteiger partial charge in [0, 0.05) is 25.2 Å². The number of amides is 1. The van der Waals surface area contributed by atoms with Crippen molar-refractivity contribution in [2.24, 2.45) is 0 Å². The lowest BCUT2D eigenvalue weighted by molar-refractivity contribution is -0.121. The zero-order valence-electron chi connectivity index (χ0n) is 14.4. The molecule has 0 saturated heterocycles. The maximum atomic E-state index is 12.0. The molecule has 7 heteroatoms. The monoisotopic (exact) mass is 356 g/mol. The minimum atomic E-state index is -0.416. The number of hydrogen-bond acceptors (Lipinski definition) is 6. The molecule has 1 amide bonds. The van der Waals surface area contributed by atoms with Gasteiger partial charge in [-0.15, -0.1) is 0 Å². The topological polar surface area (TPSA) is 85.9 Å². The van der Waals surface area contributed by atoms with E-state index in [4.69, 9.17) is 14.2 Å². The van der Waals surface area contributed by atoms with Crippen LogP contribution in [0.15, 0.2) is 42.5 Å². The molecule has 7 nitrogen and oxygen atoms in total. The lowest BCUT2D eigenvalue weighted by Gasteiger charge is -2.11. The van der Waals surface area contributed by atoms with Crippen molar-refractivity contribution in [2.45, 2.75) is 13.0 Å². The molecule has 1 aliphatic rings. The summed E-state index contributed by atoms with van der Waals surface area (Å²) in [5, 5.41) is 5.95. The summed E-state index contributed by atoms with van der Waals surface area (Å²) in [4.78, 5) is 23.7. The molecule has 0 radical (unpaired) electrons. The minimum Gasteiger partial charge on any atom is -0.465 e. The minimum absolute atomic E-state index is 0.0919. The van der Waals surface area contributed by atoms with Gasteiger partial charge in [-0.1, -0.05) is 18.2 Å². The standard InChI is InChI=1S/C19H20N2O5/c1-24-19(23)14-4-2-3-5-15(14)20-9-8-18(22)21-11-13-6-7-16-17(10-13)26-12-25-16/h2-7,10,20H,8-9,11-12H2,1H3,(H,21,22). The van der Waals surface area contributed by atoms with Crippen LogP contribution < -0.4 is 20.1 Å². The molecule has 0 unspecified atom stereocenters. The first kappa shape index (κ1) is 17.6. The lowest BCUT2D eigenvalue weighted by Crippen LogP contribution is -2.25. The smallest absolute Gasteiger partial charge is 0.339 e. The average molecular weight is 356 g/mol.